The lowest BCUT2D eigenvalue weighted by atomic mass is 9.84. The number of benzene rings is 1. The molecule has 2 bridgehead atoms. The largest absolute Gasteiger partial charge is 0.493 e. The van der Waals surface area contributed by atoms with Gasteiger partial charge in [0.15, 0.2) is 11.5 Å². The third kappa shape index (κ3) is 6.95. The molecule has 1 heterocycles. The Bertz CT molecular complexity index is 1190. The molecule has 230 valence electrons. The first-order valence-electron chi connectivity index (χ1n) is 15.0. The summed E-state index contributed by atoms with van der Waals surface area (Å²) in [5, 5.41) is 23.8. The average Bonchev–Trinajstić information content (AvgIpc) is 3.76. The summed E-state index contributed by atoms with van der Waals surface area (Å²) in [5.74, 6) is 1.89. The highest BCUT2D eigenvalue weighted by Crippen LogP contribution is 2.50. The number of aliphatic hydroxyl groups is 2. The second kappa shape index (κ2) is 14.0. The quantitative estimate of drug-likeness (QED) is 0.225. The molecule has 1 saturated heterocycles. The maximum Gasteiger partial charge on any atom is 0.247 e. The van der Waals surface area contributed by atoms with Gasteiger partial charge in [0.25, 0.3) is 0 Å². The summed E-state index contributed by atoms with van der Waals surface area (Å²) in [7, 11) is 1.47. The molecule has 3 unspecified atom stereocenters. The van der Waals surface area contributed by atoms with Crippen LogP contribution in [0.5, 0.6) is 11.5 Å². The Labute approximate surface area is 260 Å². The summed E-state index contributed by atoms with van der Waals surface area (Å²) in [6.45, 7) is 0.851. The number of aldehydes is 1. The summed E-state index contributed by atoms with van der Waals surface area (Å²) in [5.41, 5.74) is 0.784. The van der Waals surface area contributed by atoms with Gasteiger partial charge in [-0.1, -0.05) is 6.42 Å². The fourth-order valence-electron chi connectivity index (χ4n) is 7.24. The average molecular weight is 697 g/mol. The molecule has 0 spiro atoms. The van der Waals surface area contributed by atoms with Crippen LogP contribution >= 0.6 is 22.6 Å². The number of nitrogens with one attached hydrogen (secondary N) is 1. The van der Waals surface area contributed by atoms with E-state index in [0.29, 0.717) is 69.8 Å². The van der Waals surface area contributed by atoms with Crippen LogP contribution in [0.15, 0.2) is 23.8 Å². The van der Waals surface area contributed by atoms with Gasteiger partial charge in [0.2, 0.25) is 11.8 Å². The van der Waals surface area contributed by atoms with Crippen LogP contribution in [-0.2, 0) is 14.3 Å². The molecule has 0 aromatic heterocycles. The van der Waals surface area contributed by atoms with Crippen LogP contribution in [0.25, 0.3) is 0 Å². The number of halogens is 1. The minimum absolute atomic E-state index is 0.0228. The molecule has 0 radical (unpaired) electrons. The number of hydrogen-bond donors (Lipinski definition) is 3. The van der Waals surface area contributed by atoms with Crippen molar-refractivity contribution < 1.29 is 38.8 Å². The standard InChI is InChI=1S/C31H41IN2O8/c1-40-27-12-19(17-36)11-24(32)30(27)42-26-14-22(31(39)33-6-7-35)13-25(29(26)38)34(16-23-3-2-8-41-23)28(37)15-21-10-18-4-5-20(21)9-18/h11-12,14,17-18,20-21,23,25-26,29,35,38H,2-10,13,15-16H2,1H3,(H,33,39)/t18?,20?,21?,23-,25+,26-,29-/m0/s1. The summed E-state index contributed by atoms with van der Waals surface area (Å²) in [6.07, 6.45) is 7.08. The maximum atomic E-state index is 14.1. The molecule has 2 saturated carbocycles. The number of carbonyl (C=O) groups is 3. The highest BCUT2D eigenvalue weighted by atomic mass is 127. The van der Waals surface area contributed by atoms with Crippen molar-refractivity contribution >= 4 is 40.7 Å². The molecule has 11 heteroatoms. The summed E-state index contributed by atoms with van der Waals surface area (Å²) >= 11 is 2.04. The molecular weight excluding hydrogens is 655 g/mol. The van der Waals surface area contributed by atoms with E-state index < -0.39 is 18.2 Å². The zero-order valence-electron chi connectivity index (χ0n) is 24.0. The zero-order chi connectivity index (χ0) is 29.8. The Morgan fingerprint density at radius 3 is 2.71 bits per heavy atom. The molecule has 3 aliphatic carbocycles. The SMILES string of the molecule is COc1cc(C=O)cc(I)c1O[C@H]1C=C(C(=O)NCCO)C[C@@H](N(C[C@@H]2CCCO2)C(=O)CC2CC3CCC2C3)[C@@H]1O. The van der Waals surface area contributed by atoms with E-state index >= 15 is 0 Å². The van der Waals surface area contributed by atoms with Gasteiger partial charge in [0.05, 0.1) is 29.4 Å². The lowest BCUT2D eigenvalue weighted by Crippen LogP contribution is -2.56. The van der Waals surface area contributed by atoms with Crippen molar-refractivity contribution in [2.24, 2.45) is 17.8 Å². The summed E-state index contributed by atoms with van der Waals surface area (Å²) in [6, 6.07) is 2.49. The van der Waals surface area contributed by atoms with Crippen molar-refractivity contribution in [2.45, 2.75) is 75.7 Å². The van der Waals surface area contributed by atoms with Crippen molar-refractivity contribution in [1.29, 1.82) is 0 Å². The monoisotopic (exact) mass is 696 g/mol. The molecule has 1 aromatic rings. The van der Waals surface area contributed by atoms with Crippen LogP contribution in [0, 0.1) is 21.3 Å². The zero-order valence-corrected chi connectivity index (χ0v) is 26.2. The summed E-state index contributed by atoms with van der Waals surface area (Å²) in [4.78, 5) is 40.4. The molecule has 1 aliphatic heterocycles. The molecule has 4 aliphatic rings. The van der Waals surface area contributed by atoms with Gasteiger partial charge in [-0.3, -0.25) is 14.4 Å². The fraction of sp³-hybridized carbons (Fsp3) is 0.645. The van der Waals surface area contributed by atoms with Crippen LogP contribution < -0.4 is 14.8 Å². The third-order valence-corrected chi connectivity index (χ3v) is 10.1. The van der Waals surface area contributed by atoms with Gasteiger partial charge >= 0.3 is 0 Å². The third-order valence-electron chi connectivity index (χ3n) is 9.32. The van der Waals surface area contributed by atoms with Crippen LogP contribution in [0.2, 0.25) is 0 Å². The Morgan fingerprint density at radius 1 is 1.24 bits per heavy atom. The molecule has 5 rings (SSSR count). The molecule has 3 fully saturated rings. The number of aliphatic hydroxyl groups excluding tert-OH is 2. The van der Waals surface area contributed by atoms with Gasteiger partial charge in [-0.25, -0.2) is 0 Å². The lowest BCUT2D eigenvalue weighted by Gasteiger charge is -2.42. The van der Waals surface area contributed by atoms with Crippen LogP contribution in [0.1, 0.15) is 61.7 Å². The van der Waals surface area contributed by atoms with Crippen molar-refractivity contribution in [1.82, 2.24) is 10.2 Å². The van der Waals surface area contributed by atoms with E-state index in [1.165, 1.54) is 26.4 Å². The first kappa shape index (κ1) is 31.2. The number of hydrogen-bond acceptors (Lipinski definition) is 8. The highest BCUT2D eigenvalue weighted by Gasteiger charge is 2.45. The lowest BCUT2D eigenvalue weighted by molar-refractivity contribution is -0.142. The van der Waals surface area contributed by atoms with Crippen molar-refractivity contribution in [3.05, 3.63) is 32.9 Å². The summed E-state index contributed by atoms with van der Waals surface area (Å²) < 4.78 is 18.4. The number of carbonyl (C=O) groups excluding carboxylic acids is 3. The second-order valence-corrected chi connectivity index (χ2v) is 13.2. The van der Waals surface area contributed by atoms with Gasteiger partial charge in [-0.05, 0) is 90.7 Å². The molecule has 2 amide bonds. The normalized spacial score (nSPS) is 30.1. The highest BCUT2D eigenvalue weighted by molar-refractivity contribution is 14.1. The number of rotatable bonds is 12. The van der Waals surface area contributed by atoms with Crippen molar-refractivity contribution in [3.8, 4) is 11.5 Å². The van der Waals surface area contributed by atoms with E-state index in [2.05, 4.69) is 5.32 Å². The molecule has 10 nitrogen and oxygen atoms in total. The number of nitrogens with zero attached hydrogens (tertiary/aromatic N) is 1. The number of fused-ring (bicyclic) bond motifs is 2. The molecule has 42 heavy (non-hydrogen) atoms. The minimum Gasteiger partial charge on any atom is -0.493 e. The molecule has 7 atom stereocenters. The van der Waals surface area contributed by atoms with E-state index in [-0.39, 0.29) is 37.5 Å². The fourth-order valence-corrected chi connectivity index (χ4v) is 7.99. The first-order chi connectivity index (χ1) is 20.3. The van der Waals surface area contributed by atoms with Crippen LogP contribution in [0.4, 0.5) is 0 Å². The number of methoxy groups -OCH3 is 1. The number of ether oxygens (including phenoxy) is 3. The Kier molecular flexibility index (Phi) is 10.4. The van der Waals surface area contributed by atoms with E-state index in [0.717, 1.165) is 19.3 Å². The van der Waals surface area contributed by atoms with E-state index in [1.54, 1.807) is 23.1 Å². The van der Waals surface area contributed by atoms with Crippen molar-refractivity contribution in [2.75, 3.05) is 33.4 Å². The van der Waals surface area contributed by atoms with Crippen LogP contribution in [-0.4, -0.2) is 91.0 Å². The van der Waals surface area contributed by atoms with Gasteiger partial charge in [-0.15, -0.1) is 0 Å². The second-order valence-electron chi connectivity index (χ2n) is 12.0. The first-order valence-corrected chi connectivity index (χ1v) is 16.1. The smallest absolute Gasteiger partial charge is 0.247 e. The predicted octanol–water partition coefficient (Wildman–Crippen LogP) is 2.86. The molecular formula is C31H41IN2O8. The maximum absolute atomic E-state index is 14.1. The van der Waals surface area contributed by atoms with E-state index in [9.17, 15) is 24.6 Å². The minimum atomic E-state index is -1.14. The Hall–Kier alpha value is -2.22. The molecule has 1 aromatic carbocycles. The van der Waals surface area contributed by atoms with E-state index in [1.807, 2.05) is 22.6 Å². The van der Waals surface area contributed by atoms with Crippen LogP contribution in [0.3, 0.4) is 0 Å². The van der Waals surface area contributed by atoms with Gasteiger partial charge in [-0.2, -0.15) is 0 Å². The molecule has 3 N–H and O–H groups in total. The Morgan fingerprint density at radius 2 is 2.07 bits per heavy atom. The predicted molar refractivity (Wildman–Crippen MR) is 162 cm³/mol. The number of amides is 2. The van der Waals surface area contributed by atoms with Crippen molar-refractivity contribution in [3.63, 3.8) is 0 Å². The van der Waals surface area contributed by atoms with Gasteiger partial charge < -0.3 is 34.6 Å². The van der Waals surface area contributed by atoms with Gasteiger partial charge in [0, 0.05) is 43.7 Å². The topological polar surface area (TPSA) is 135 Å². The Balaban J connectivity index is 1.45. The van der Waals surface area contributed by atoms with Gasteiger partial charge in [0.1, 0.15) is 18.5 Å². The van der Waals surface area contributed by atoms with E-state index in [4.69, 9.17) is 14.2 Å².